The van der Waals surface area contributed by atoms with Gasteiger partial charge in [-0.15, -0.1) is 26.3 Å². The van der Waals surface area contributed by atoms with Crippen molar-refractivity contribution in [1.82, 2.24) is 5.32 Å². The standard InChI is InChI=1S/C53H42N2O3.24H2/c1-6-11-12-13-14-15-16-17-18-19-20-21-22-23-24-25-26-27-28-29-30-31-35-43-52(56)55-50(49(54)42-37-36-41-45-39-33-32-34-40-45)44-57-53-48(10-5)46(8-3)47(9-4)51(58-53)38-7-2;;;;;;;;;;;;;;;;;;;;;;;;/h7-10,32-34,39-40,46-51,53H,2-5,36-38,41-42,44,54H2,1H3,(H,55,56);24*1H/t46-,47+,48?,49+,50-,51?,53-;;;;;;;;;;;;;;;;;;;;;;;;/m0......................../s1. The van der Waals surface area contributed by atoms with E-state index in [1.807, 2.05) is 42.5 Å². The van der Waals surface area contributed by atoms with Crippen LogP contribution in [0.4, 0.5) is 0 Å². The van der Waals surface area contributed by atoms with Crippen molar-refractivity contribution in [2.75, 3.05) is 6.61 Å². The lowest BCUT2D eigenvalue weighted by atomic mass is 9.75. The largest absolute Gasteiger partial charge is 0.350 e. The Balaban J connectivity index is -0.0000000691. The molecule has 0 spiro atoms. The second-order valence-corrected chi connectivity index (χ2v) is 11.9. The first-order valence-electron chi connectivity index (χ1n) is 18.3. The highest BCUT2D eigenvalue weighted by Gasteiger charge is 2.42. The lowest BCUT2D eigenvalue weighted by Crippen LogP contribution is -2.53. The van der Waals surface area contributed by atoms with E-state index < -0.39 is 24.3 Å². The Hall–Kier alpha value is -7.75. The van der Waals surface area contributed by atoms with Crippen molar-refractivity contribution >= 4 is 5.91 Å². The molecule has 1 saturated heterocycles. The lowest BCUT2D eigenvalue weighted by molar-refractivity contribution is -0.235. The molecular formula is C53H90N2O3. The van der Waals surface area contributed by atoms with Crippen LogP contribution in [0.15, 0.2) is 81.0 Å². The highest BCUT2D eigenvalue weighted by Crippen LogP contribution is 2.39. The Morgan fingerprint density at radius 3 is 1.67 bits per heavy atom. The molecule has 1 aliphatic heterocycles. The van der Waals surface area contributed by atoms with Gasteiger partial charge >= 0.3 is 0 Å². The van der Waals surface area contributed by atoms with Gasteiger partial charge in [0.2, 0.25) is 0 Å². The van der Waals surface area contributed by atoms with E-state index in [2.05, 4.69) is 186 Å². The molecule has 1 heterocycles. The Bertz CT molecular complexity index is 2490. The van der Waals surface area contributed by atoms with Crippen molar-refractivity contribution in [2.24, 2.45) is 23.5 Å². The number of hydrogen-bond donors (Lipinski definition) is 2. The first-order chi connectivity index (χ1) is 28.5. The monoisotopic (exact) mass is 803 g/mol. The molecule has 1 aromatic rings. The number of nitrogens with two attached hydrogens (primary N) is 1. The van der Waals surface area contributed by atoms with Crippen molar-refractivity contribution in [3.63, 3.8) is 0 Å². The zero-order valence-electron chi connectivity index (χ0n) is 32.6. The number of unbranched alkanes of at least 4 members (excludes halogenated alkanes) is 1. The second kappa shape index (κ2) is 30.6. The van der Waals surface area contributed by atoms with Crippen LogP contribution >= 0.6 is 0 Å². The van der Waals surface area contributed by atoms with Crippen LogP contribution in [0, 0.1) is 160 Å². The van der Waals surface area contributed by atoms with Gasteiger partial charge in [-0.1, -0.05) is 67.0 Å². The van der Waals surface area contributed by atoms with Gasteiger partial charge in [0.15, 0.2) is 6.29 Å². The SMILES string of the molecule is C=CCC1O[C@H](OC[C@H](NC(=O)C#CC#CC#CC#CC#CC#CC#CC#CC#CC#CC#CC#CC)[C@H](N)CCCCc2ccccc2)C(C=C)[C@@H](C=C)[C@H]1C=C.[HH].[HH].[HH].[HH].[HH].[HH].[HH].[HH].[HH].[HH].[HH].[HH].[HH].[HH].[HH].[HH].[HH].[HH].[HH].[HH].[HH].[HH].[HH].[HH]. The molecule has 330 valence electrons. The maximum atomic E-state index is 12.9. The van der Waals surface area contributed by atoms with Gasteiger partial charge in [0.1, 0.15) is 0 Å². The molecular weight excluding hydrogens is 713 g/mol. The molecule has 0 bridgehead atoms. The maximum absolute atomic E-state index is 12.9. The molecule has 5 nitrogen and oxygen atoms in total. The van der Waals surface area contributed by atoms with Gasteiger partial charge in [-0.05, 0) is 139 Å². The Labute approximate surface area is 382 Å². The van der Waals surface area contributed by atoms with Crippen LogP contribution in [0.3, 0.4) is 0 Å². The van der Waals surface area contributed by atoms with Gasteiger partial charge in [-0.2, -0.15) is 0 Å². The zero-order chi connectivity index (χ0) is 41.9. The molecule has 1 amide bonds. The van der Waals surface area contributed by atoms with E-state index in [0.717, 1.165) is 19.3 Å². The summed E-state index contributed by atoms with van der Waals surface area (Å²) in [6.07, 6.45) is 10.6. The highest BCUT2D eigenvalue weighted by molar-refractivity contribution is 5.94. The summed E-state index contributed by atoms with van der Waals surface area (Å²) >= 11 is 0. The van der Waals surface area contributed by atoms with E-state index in [4.69, 9.17) is 15.2 Å². The molecule has 2 unspecified atom stereocenters. The van der Waals surface area contributed by atoms with E-state index in [1.54, 1.807) is 6.92 Å². The van der Waals surface area contributed by atoms with Crippen molar-refractivity contribution in [3.05, 3.63) is 86.5 Å². The Kier molecular flexibility index (Phi) is 24.5. The third-order valence-electron chi connectivity index (χ3n) is 8.14. The number of hydrogen-bond acceptors (Lipinski definition) is 4. The third kappa shape index (κ3) is 19.5. The summed E-state index contributed by atoms with van der Waals surface area (Å²) in [5.74, 6) is 60.0. The number of aryl methyl sites for hydroxylation is 1. The number of rotatable bonds is 15. The summed E-state index contributed by atoms with van der Waals surface area (Å²) in [5.41, 5.74) is 7.94. The third-order valence-corrected chi connectivity index (χ3v) is 8.14. The minimum Gasteiger partial charge on any atom is -0.350 e. The van der Waals surface area contributed by atoms with Crippen LogP contribution in [0.25, 0.3) is 0 Å². The smallest absolute Gasteiger partial charge is 0.297 e. The molecule has 3 N–H and O–H groups in total. The summed E-state index contributed by atoms with van der Waals surface area (Å²) < 4.78 is 12.7. The molecule has 0 aromatic heterocycles. The van der Waals surface area contributed by atoms with E-state index in [0.29, 0.717) is 12.8 Å². The van der Waals surface area contributed by atoms with Crippen LogP contribution in [-0.4, -0.2) is 37.0 Å². The van der Waals surface area contributed by atoms with Crippen LogP contribution in [-0.2, 0) is 20.7 Å². The van der Waals surface area contributed by atoms with E-state index in [9.17, 15) is 4.79 Å². The molecule has 1 fully saturated rings. The Morgan fingerprint density at radius 1 is 0.724 bits per heavy atom. The molecule has 5 heteroatoms. The van der Waals surface area contributed by atoms with E-state index >= 15 is 0 Å². The fourth-order valence-electron chi connectivity index (χ4n) is 5.46. The van der Waals surface area contributed by atoms with Crippen LogP contribution in [0.1, 0.15) is 72.4 Å². The molecule has 7 atom stereocenters. The number of nitrogens with one attached hydrogen (secondary N) is 1. The van der Waals surface area contributed by atoms with Crippen molar-refractivity contribution < 1.29 is 48.5 Å². The summed E-state index contributed by atoms with van der Waals surface area (Å²) in [6.45, 7) is 17.8. The van der Waals surface area contributed by atoms with Crippen molar-refractivity contribution in [3.8, 4) is 142 Å². The highest BCUT2D eigenvalue weighted by atomic mass is 16.7. The van der Waals surface area contributed by atoms with Gasteiger partial charge in [0.25, 0.3) is 5.91 Å². The quantitative estimate of drug-likeness (QED) is 0.105. The summed E-state index contributed by atoms with van der Waals surface area (Å²) in [4.78, 5) is 12.9. The summed E-state index contributed by atoms with van der Waals surface area (Å²) in [7, 11) is 0. The average Bonchev–Trinajstić information content (AvgIpc) is 3.24. The van der Waals surface area contributed by atoms with E-state index in [-0.39, 0.29) is 64.7 Å². The topological polar surface area (TPSA) is 73.6 Å². The van der Waals surface area contributed by atoms with Gasteiger partial charge in [0.05, 0.1) is 18.8 Å². The van der Waals surface area contributed by atoms with Gasteiger partial charge < -0.3 is 20.5 Å². The van der Waals surface area contributed by atoms with Gasteiger partial charge in [-0.3, -0.25) is 4.79 Å². The molecule has 0 radical (unpaired) electrons. The number of ether oxygens (including phenoxy) is 2. The van der Waals surface area contributed by atoms with Crippen LogP contribution in [0.2, 0.25) is 0 Å². The predicted octanol–water partition coefficient (Wildman–Crippen LogP) is 10.9. The Morgan fingerprint density at radius 2 is 1.21 bits per heavy atom. The van der Waals surface area contributed by atoms with Gasteiger partial charge in [-0.25, -0.2) is 0 Å². The summed E-state index contributed by atoms with van der Waals surface area (Å²) in [6, 6.07) is 9.31. The number of allylic oxidation sites excluding steroid dienone is 1. The number of benzene rings is 1. The molecule has 0 saturated carbocycles. The normalized spacial score (nSPS) is 17.0. The van der Waals surface area contributed by atoms with Crippen LogP contribution in [0.5, 0.6) is 0 Å². The predicted molar refractivity (Wildman–Crippen MR) is 284 cm³/mol. The first kappa shape index (κ1) is 46.4. The second-order valence-electron chi connectivity index (χ2n) is 11.9. The maximum Gasteiger partial charge on any atom is 0.297 e. The summed E-state index contributed by atoms with van der Waals surface area (Å²) in [5, 5.41) is 2.91. The van der Waals surface area contributed by atoms with Crippen molar-refractivity contribution in [1.29, 1.82) is 0 Å². The first-order valence-corrected chi connectivity index (χ1v) is 18.3. The fraction of sp³-hybridized carbons (Fsp3) is 0.264. The lowest BCUT2D eigenvalue weighted by Gasteiger charge is -2.44. The van der Waals surface area contributed by atoms with E-state index in [1.165, 1.54) is 5.56 Å². The molecule has 58 heavy (non-hydrogen) atoms. The molecule has 1 aromatic carbocycles. The minimum absolute atomic E-state index is 0. The van der Waals surface area contributed by atoms with Crippen LogP contribution < -0.4 is 11.1 Å². The number of carbonyl (C=O) groups is 1. The number of amides is 1. The van der Waals surface area contributed by atoms with Crippen molar-refractivity contribution in [2.45, 2.75) is 63.5 Å². The molecule has 0 aliphatic carbocycles. The fourth-order valence-corrected chi connectivity index (χ4v) is 5.46. The zero-order valence-corrected chi connectivity index (χ0v) is 32.6. The van der Waals surface area contributed by atoms with Gasteiger partial charge in [0, 0.05) is 93.6 Å². The average molecular weight is 803 g/mol. The number of carbonyl (C=O) groups excluding carboxylic acids is 1. The molecule has 2 rings (SSSR count). The minimum atomic E-state index is -0.639. The molecule has 1 aliphatic rings.